The van der Waals surface area contributed by atoms with Crippen molar-refractivity contribution < 1.29 is 28.6 Å². The third-order valence-electron chi connectivity index (χ3n) is 15.9. The highest BCUT2D eigenvalue weighted by Gasteiger charge is 2.19. The maximum absolute atomic E-state index is 12.9. The molecule has 0 aliphatic rings. The van der Waals surface area contributed by atoms with Crippen molar-refractivity contribution in [3.63, 3.8) is 0 Å². The molecular formula is C77H136O6. The summed E-state index contributed by atoms with van der Waals surface area (Å²) in [5.74, 6) is -0.950. The molecule has 83 heavy (non-hydrogen) atoms. The second kappa shape index (κ2) is 71.1. The molecule has 0 aromatic carbocycles. The van der Waals surface area contributed by atoms with Crippen LogP contribution in [0.1, 0.15) is 367 Å². The largest absolute Gasteiger partial charge is 0.462 e. The summed E-state index contributed by atoms with van der Waals surface area (Å²) in [4.78, 5) is 38.4. The Morgan fingerprint density at radius 3 is 0.783 bits per heavy atom. The topological polar surface area (TPSA) is 78.9 Å². The van der Waals surface area contributed by atoms with Crippen LogP contribution in [0, 0.1) is 0 Å². The molecule has 0 saturated heterocycles. The molecule has 0 amide bonds. The molecular weight excluding hydrogens is 1020 g/mol. The molecule has 6 nitrogen and oxygen atoms in total. The van der Waals surface area contributed by atoms with Gasteiger partial charge in [-0.25, -0.2) is 0 Å². The quantitative estimate of drug-likeness (QED) is 0.0261. The van der Waals surface area contributed by atoms with E-state index >= 15 is 0 Å². The fraction of sp³-hybridized carbons (Fsp3) is 0.779. The van der Waals surface area contributed by atoms with Crippen LogP contribution in [0.2, 0.25) is 0 Å². The average molecular weight is 1160 g/mol. The van der Waals surface area contributed by atoms with Crippen LogP contribution in [-0.4, -0.2) is 37.2 Å². The Morgan fingerprint density at radius 1 is 0.253 bits per heavy atom. The molecule has 1 unspecified atom stereocenters. The zero-order valence-corrected chi connectivity index (χ0v) is 55.2. The van der Waals surface area contributed by atoms with E-state index in [0.29, 0.717) is 19.3 Å². The van der Waals surface area contributed by atoms with Gasteiger partial charge in [-0.2, -0.15) is 0 Å². The SMILES string of the molecule is CC/C=C\C/C=C\C/C=C\C/C=C\C/C=C\CCCC(=O)OC(COC(=O)CCCCCCC/C=C\CCCCCCCC)COC(=O)CCCCCCCCCCCCCCCCCCCCCCC/C=C\CCCCCCCCCC. The maximum atomic E-state index is 12.9. The van der Waals surface area contributed by atoms with Gasteiger partial charge in [0.25, 0.3) is 0 Å². The third-order valence-corrected chi connectivity index (χ3v) is 15.9. The zero-order chi connectivity index (χ0) is 59.9. The highest BCUT2D eigenvalue weighted by molar-refractivity contribution is 5.71. The van der Waals surface area contributed by atoms with Crippen LogP contribution in [0.5, 0.6) is 0 Å². The molecule has 0 aromatic heterocycles. The van der Waals surface area contributed by atoms with Crippen molar-refractivity contribution in [2.75, 3.05) is 13.2 Å². The van der Waals surface area contributed by atoms with Crippen molar-refractivity contribution in [2.24, 2.45) is 0 Å². The Balaban J connectivity index is 4.21. The van der Waals surface area contributed by atoms with Gasteiger partial charge in [0, 0.05) is 19.3 Å². The minimum Gasteiger partial charge on any atom is -0.462 e. The molecule has 0 radical (unpaired) electrons. The van der Waals surface area contributed by atoms with Gasteiger partial charge in [-0.15, -0.1) is 0 Å². The summed E-state index contributed by atoms with van der Waals surface area (Å²) in [6.07, 6.45) is 95.0. The van der Waals surface area contributed by atoms with E-state index in [1.807, 2.05) is 0 Å². The fourth-order valence-electron chi connectivity index (χ4n) is 10.5. The molecule has 0 bridgehead atoms. The van der Waals surface area contributed by atoms with E-state index in [1.165, 1.54) is 238 Å². The van der Waals surface area contributed by atoms with Crippen molar-refractivity contribution in [1.29, 1.82) is 0 Å². The number of esters is 3. The second-order valence-corrected chi connectivity index (χ2v) is 24.1. The smallest absolute Gasteiger partial charge is 0.306 e. The number of unbranched alkanes of at least 4 members (excludes halogenated alkanes) is 41. The van der Waals surface area contributed by atoms with E-state index < -0.39 is 6.10 Å². The Labute approximate surface area is 515 Å². The van der Waals surface area contributed by atoms with Gasteiger partial charge in [0.05, 0.1) is 0 Å². The zero-order valence-electron chi connectivity index (χ0n) is 55.2. The van der Waals surface area contributed by atoms with Crippen LogP contribution in [0.15, 0.2) is 85.1 Å². The molecule has 0 N–H and O–H groups in total. The van der Waals surface area contributed by atoms with Gasteiger partial charge in [-0.1, -0.05) is 324 Å². The van der Waals surface area contributed by atoms with Crippen LogP contribution in [0.4, 0.5) is 0 Å². The summed E-state index contributed by atoms with van der Waals surface area (Å²) in [6.45, 7) is 6.51. The molecule has 480 valence electrons. The summed E-state index contributed by atoms with van der Waals surface area (Å²) in [7, 11) is 0. The van der Waals surface area contributed by atoms with Gasteiger partial charge in [-0.3, -0.25) is 14.4 Å². The molecule has 0 aliphatic carbocycles. The van der Waals surface area contributed by atoms with Crippen LogP contribution in [0.25, 0.3) is 0 Å². The maximum Gasteiger partial charge on any atom is 0.306 e. The molecule has 0 heterocycles. The number of allylic oxidation sites excluding steroid dienone is 14. The van der Waals surface area contributed by atoms with Crippen molar-refractivity contribution in [3.8, 4) is 0 Å². The molecule has 0 aliphatic heterocycles. The van der Waals surface area contributed by atoms with Crippen LogP contribution in [0.3, 0.4) is 0 Å². The van der Waals surface area contributed by atoms with E-state index in [0.717, 1.165) is 83.5 Å². The predicted octanol–water partition coefficient (Wildman–Crippen LogP) is 25.0. The predicted molar refractivity (Wildman–Crippen MR) is 362 cm³/mol. The number of hydrogen-bond donors (Lipinski definition) is 0. The molecule has 0 saturated carbocycles. The van der Waals surface area contributed by atoms with Gasteiger partial charge < -0.3 is 14.2 Å². The molecule has 0 aromatic rings. The lowest BCUT2D eigenvalue weighted by atomic mass is 10.0. The summed E-state index contributed by atoms with van der Waals surface area (Å²) in [6, 6.07) is 0. The first kappa shape index (κ1) is 79.6. The second-order valence-electron chi connectivity index (χ2n) is 24.1. The Morgan fingerprint density at radius 2 is 0.482 bits per heavy atom. The van der Waals surface area contributed by atoms with Crippen LogP contribution < -0.4 is 0 Å². The minimum absolute atomic E-state index is 0.0989. The average Bonchev–Trinajstić information content (AvgIpc) is 3.49. The van der Waals surface area contributed by atoms with Crippen molar-refractivity contribution in [2.45, 2.75) is 374 Å². The fourth-order valence-corrected chi connectivity index (χ4v) is 10.5. The molecule has 0 rings (SSSR count). The summed E-state index contributed by atoms with van der Waals surface area (Å²) in [5, 5.41) is 0. The normalized spacial score (nSPS) is 12.6. The van der Waals surface area contributed by atoms with Gasteiger partial charge in [0.1, 0.15) is 13.2 Å². The summed E-state index contributed by atoms with van der Waals surface area (Å²) < 4.78 is 16.9. The van der Waals surface area contributed by atoms with Crippen molar-refractivity contribution >= 4 is 17.9 Å². The van der Waals surface area contributed by atoms with Crippen LogP contribution in [-0.2, 0) is 28.6 Å². The lowest BCUT2D eigenvalue weighted by Gasteiger charge is -2.18. The summed E-state index contributed by atoms with van der Waals surface area (Å²) in [5.41, 5.74) is 0. The van der Waals surface area contributed by atoms with Gasteiger partial charge in [0.15, 0.2) is 6.10 Å². The number of hydrogen-bond acceptors (Lipinski definition) is 6. The number of ether oxygens (including phenoxy) is 3. The Hall–Kier alpha value is -3.41. The van der Waals surface area contributed by atoms with Gasteiger partial charge in [-0.05, 0) is 109 Å². The van der Waals surface area contributed by atoms with E-state index in [2.05, 4.69) is 106 Å². The van der Waals surface area contributed by atoms with Gasteiger partial charge in [0.2, 0.25) is 0 Å². The minimum atomic E-state index is -0.810. The third kappa shape index (κ3) is 69.3. The Bertz CT molecular complexity index is 1570. The molecule has 1 atom stereocenters. The molecule has 0 fully saturated rings. The number of rotatable bonds is 66. The first-order valence-electron chi connectivity index (χ1n) is 36.1. The van der Waals surface area contributed by atoms with E-state index in [4.69, 9.17) is 14.2 Å². The van der Waals surface area contributed by atoms with Crippen LogP contribution >= 0.6 is 0 Å². The highest BCUT2D eigenvalue weighted by Crippen LogP contribution is 2.18. The van der Waals surface area contributed by atoms with Gasteiger partial charge >= 0.3 is 17.9 Å². The lowest BCUT2D eigenvalue weighted by Crippen LogP contribution is -2.30. The van der Waals surface area contributed by atoms with E-state index in [-0.39, 0.29) is 37.5 Å². The summed E-state index contributed by atoms with van der Waals surface area (Å²) >= 11 is 0. The van der Waals surface area contributed by atoms with Crippen molar-refractivity contribution in [3.05, 3.63) is 85.1 Å². The van der Waals surface area contributed by atoms with Crippen molar-refractivity contribution in [1.82, 2.24) is 0 Å². The molecule has 0 spiro atoms. The van der Waals surface area contributed by atoms with E-state index in [1.54, 1.807) is 0 Å². The van der Waals surface area contributed by atoms with E-state index in [9.17, 15) is 14.4 Å². The highest BCUT2D eigenvalue weighted by atomic mass is 16.6. The number of carbonyl (C=O) groups excluding carboxylic acids is 3. The lowest BCUT2D eigenvalue weighted by molar-refractivity contribution is -0.167. The first-order chi connectivity index (χ1) is 41.0. The standard InChI is InChI=1S/C77H136O6/c1-4-7-10-13-16-19-22-25-28-30-31-32-33-34-35-36-37-38-39-40-41-42-43-44-45-47-49-52-55-58-61-64-67-70-76(79)82-73-74(72-81-75(78)69-66-63-60-57-54-51-48-27-24-21-18-15-12-9-6-3)83-77(80)71-68-65-62-59-56-53-50-46-29-26-23-20-17-14-11-8-5-2/h8,11,17,20,26-27,29-31,48,50,53,59,62,74H,4-7,9-10,12-16,18-19,21-25,28,32-47,49,51-52,54-58,60-61,63-73H2,1-3H3/b11-8-,20-17-,29-26-,31-30-,48-27-,53-50-,62-59-. The Kier molecular flexibility index (Phi) is 68.2. The first-order valence-corrected chi connectivity index (χ1v) is 36.1. The number of carbonyl (C=O) groups is 3. The molecule has 6 heteroatoms. The monoisotopic (exact) mass is 1160 g/mol.